The van der Waals surface area contributed by atoms with Crippen molar-refractivity contribution in [2.45, 2.75) is 38.8 Å². The highest BCUT2D eigenvalue weighted by molar-refractivity contribution is 6.01. The lowest BCUT2D eigenvalue weighted by atomic mass is 10.0. The molecule has 1 aliphatic heterocycles. The number of nitrogens with two attached hydrogens (primary N) is 1. The Labute approximate surface area is 124 Å². The molecule has 2 atom stereocenters. The number of rotatable bonds is 5. The van der Waals surface area contributed by atoms with Crippen LogP contribution in [-0.4, -0.2) is 40.2 Å². The van der Waals surface area contributed by atoms with E-state index in [4.69, 9.17) is 5.73 Å². The van der Waals surface area contributed by atoms with Crippen LogP contribution in [0, 0.1) is 5.92 Å². The average molecular weight is 293 g/mol. The predicted molar refractivity (Wildman–Crippen MR) is 79.5 cm³/mol. The van der Waals surface area contributed by atoms with Crippen molar-refractivity contribution in [2.75, 3.05) is 11.4 Å². The van der Waals surface area contributed by atoms with Gasteiger partial charge in [-0.1, -0.05) is 13.8 Å². The molecule has 7 nitrogen and oxygen atoms in total. The zero-order chi connectivity index (χ0) is 15.6. The topological polar surface area (TPSA) is 93.2 Å². The normalized spacial score (nSPS) is 20.1. The number of hydrogen-bond acceptors (Lipinski definition) is 4. The number of nitrogens with zero attached hydrogens (tertiary/aromatic N) is 3. The molecule has 2 heterocycles. The van der Waals surface area contributed by atoms with Crippen LogP contribution in [0.5, 0.6) is 0 Å². The van der Waals surface area contributed by atoms with Gasteiger partial charge in [0.25, 0.3) is 0 Å². The van der Waals surface area contributed by atoms with Crippen molar-refractivity contribution >= 4 is 17.5 Å². The molecule has 1 aromatic rings. The molecule has 1 aliphatic rings. The van der Waals surface area contributed by atoms with Crippen molar-refractivity contribution in [1.29, 1.82) is 0 Å². The van der Waals surface area contributed by atoms with Crippen molar-refractivity contribution in [3.8, 4) is 0 Å². The van der Waals surface area contributed by atoms with Crippen LogP contribution >= 0.6 is 0 Å². The maximum absolute atomic E-state index is 12.3. The Morgan fingerprint density at radius 2 is 2.29 bits per heavy atom. The van der Waals surface area contributed by atoms with Gasteiger partial charge in [0.1, 0.15) is 6.04 Å². The molecule has 0 aromatic carbocycles. The quantitative estimate of drug-likeness (QED) is 0.800. The molecule has 1 saturated heterocycles. The van der Waals surface area contributed by atoms with Gasteiger partial charge in [0, 0.05) is 19.8 Å². The molecule has 21 heavy (non-hydrogen) atoms. The fourth-order valence-corrected chi connectivity index (χ4v) is 2.51. The molecular weight excluding hydrogens is 270 g/mol. The van der Waals surface area contributed by atoms with Gasteiger partial charge in [-0.15, -0.1) is 0 Å². The summed E-state index contributed by atoms with van der Waals surface area (Å²) in [6, 6.07) is -1.05. The molecule has 7 heteroatoms. The molecule has 0 bridgehead atoms. The van der Waals surface area contributed by atoms with Crippen LogP contribution in [-0.2, 0) is 16.6 Å². The third kappa shape index (κ3) is 3.60. The molecule has 0 aliphatic carbocycles. The Hall–Kier alpha value is -1.89. The molecule has 0 saturated carbocycles. The summed E-state index contributed by atoms with van der Waals surface area (Å²) in [6.45, 7) is 4.60. The average Bonchev–Trinajstić information content (AvgIpc) is 2.96. The Kier molecular flexibility index (Phi) is 4.62. The monoisotopic (exact) mass is 293 g/mol. The maximum Gasteiger partial charge on any atom is 0.249 e. The van der Waals surface area contributed by atoms with E-state index in [2.05, 4.69) is 10.4 Å². The predicted octanol–water partition coefficient (Wildman–Crippen LogP) is 0.0150. The van der Waals surface area contributed by atoms with E-state index in [0.717, 1.165) is 5.69 Å². The first kappa shape index (κ1) is 15.5. The summed E-state index contributed by atoms with van der Waals surface area (Å²) < 4.78 is 1.65. The standard InChI is InChI=1S/C14H23N5O2/c1-9(2)6-11(15)13(20)17-12-4-5-19(14(12)21)10-7-16-18(3)8-10/h7-9,11-12H,4-6,15H2,1-3H3,(H,17,20)/t11-,12?/m0/s1. The van der Waals surface area contributed by atoms with Crippen LogP contribution in [0.25, 0.3) is 0 Å². The Morgan fingerprint density at radius 1 is 1.57 bits per heavy atom. The third-order valence-electron chi connectivity index (χ3n) is 3.59. The number of hydrogen-bond donors (Lipinski definition) is 2. The van der Waals surface area contributed by atoms with Gasteiger partial charge in [-0.05, 0) is 18.8 Å². The van der Waals surface area contributed by atoms with Crippen molar-refractivity contribution in [3.63, 3.8) is 0 Å². The number of aryl methyl sites for hydroxylation is 1. The zero-order valence-electron chi connectivity index (χ0n) is 12.7. The minimum Gasteiger partial charge on any atom is -0.343 e. The van der Waals surface area contributed by atoms with Gasteiger partial charge in [0.15, 0.2) is 0 Å². The van der Waals surface area contributed by atoms with E-state index in [-0.39, 0.29) is 11.8 Å². The van der Waals surface area contributed by atoms with Gasteiger partial charge in [-0.25, -0.2) is 0 Å². The minimum absolute atomic E-state index is 0.104. The molecule has 1 fully saturated rings. The summed E-state index contributed by atoms with van der Waals surface area (Å²) in [5.74, 6) is -0.0138. The number of anilines is 1. The fraction of sp³-hybridized carbons (Fsp3) is 0.643. The number of amides is 2. The Bertz CT molecular complexity index is 525. The molecule has 0 radical (unpaired) electrons. The largest absolute Gasteiger partial charge is 0.343 e. The van der Waals surface area contributed by atoms with Crippen LogP contribution in [0.1, 0.15) is 26.7 Å². The molecule has 1 unspecified atom stereocenters. The highest BCUT2D eigenvalue weighted by atomic mass is 16.2. The van der Waals surface area contributed by atoms with E-state index in [9.17, 15) is 9.59 Å². The molecular formula is C14H23N5O2. The zero-order valence-corrected chi connectivity index (χ0v) is 12.7. The summed E-state index contributed by atoms with van der Waals surface area (Å²) in [5, 5.41) is 6.82. The van der Waals surface area contributed by atoms with Crippen LogP contribution in [0.15, 0.2) is 12.4 Å². The SMILES string of the molecule is CC(C)C[C@H](N)C(=O)NC1CCN(c2cnn(C)c2)C1=O. The second-order valence-electron chi connectivity index (χ2n) is 5.95. The summed E-state index contributed by atoms with van der Waals surface area (Å²) in [4.78, 5) is 26.0. The number of carbonyl (C=O) groups excluding carboxylic acids is 2. The molecule has 0 spiro atoms. The van der Waals surface area contributed by atoms with Crippen molar-refractivity contribution in [2.24, 2.45) is 18.7 Å². The second kappa shape index (κ2) is 6.26. The second-order valence-corrected chi connectivity index (χ2v) is 5.95. The van der Waals surface area contributed by atoms with Crippen LogP contribution < -0.4 is 16.0 Å². The first-order valence-electron chi connectivity index (χ1n) is 7.24. The Morgan fingerprint density at radius 3 is 2.86 bits per heavy atom. The maximum atomic E-state index is 12.3. The highest BCUT2D eigenvalue weighted by Gasteiger charge is 2.34. The summed E-state index contributed by atoms with van der Waals surface area (Å²) in [7, 11) is 1.80. The van der Waals surface area contributed by atoms with E-state index in [1.165, 1.54) is 0 Å². The first-order valence-corrected chi connectivity index (χ1v) is 7.24. The van der Waals surface area contributed by atoms with Crippen LogP contribution in [0.2, 0.25) is 0 Å². The number of nitrogens with one attached hydrogen (secondary N) is 1. The van der Waals surface area contributed by atoms with Gasteiger partial charge in [-0.2, -0.15) is 5.10 Å². The van der Waals surface area contributed by atoms with Gasteiger partial charge >= 0.3 is 0 Å². The van der Waals surface area contributed by atoms with Gasteiger partial charge in [0.05, 0.1) is 17.9 Å². The summed E-state index contributed by atoms with van der Waals surface area (Å²) in [6.07, 6.45) is 4.63. The van der Waals surface area contributed by atoms with E-state index in [1.807, 2.05) is 13.8 Å². The van der Waals surface area contributed by atoms with Crippen molar-refractivity contribution in [1.82, 2.24) is 15.1 Å². The molecule has 2 amide bonds. The molecule has 2 rings (SSSR count). The highest BCUT2D eigenvalue weighted by Crippen LogP contribution is 2.20. The van der Waals surface area contributed by atoms with Gasteiger partial charge < -0.3 is 16.0 Å². The molecule has 1 aromatic heterocycles. The minimum atomic E-state index is -0.565. The fourth-order valence-electron chi connectivity index (χ4n) is 2.51. The smallest absolute Gasteiger partial charge is 0.249 e. The molecule has 3 N–H and O–H groups in total. The third-order valence-corrected chi connectivity index (χ3v) is 3.59. The van der Waals surface area contributed by atoms with Crippen molar-refractivity contribution < 1.29 is 9.59 Å². The Balaban J connectivity index is 1.94. The summed E-state index contributed by atoms with van der Waals surface area (Å²) in [5.41, 5.74) is 6.60. The van der Waals surface area contributed by atoms with Crippen molar-refractivity contribution in [3.05, 3.63) is 12.4 Å². The molecule has 116 valence electrons. The van der Waals surface area contributed by atoms with E-state index in [1.54, 1.807) is 29.0 Å². The van der Waals surface area contributed by atoms with Gasteiger partial charge in [0.2, 0.25) is 11.8 Å². The number of carbonyl (C=O) groups is 2. The van der Waals surface area contributed by atoms with Crippen LogP contribution in [0.3, 0.4) is 0 Å². The first-order chi connectivity index (χ1) is 9.88. The lowest BCUT2D eigenvalue weighted by Crippen LogP contribution is -2.48. The summed E-state index contributed by atoms with van der Waals surface area (Å²) >= 11 is 0. The van der Waals surface area contributed by atoms with E-state index < -0.39 is 12.1 Å². The van der Waals surface area contributed by atoms with Gasteiger partial charge in [-0.3, -0.25) is 14.3 Å². The van der Waals surface area contributed by atoms with Crippen LogP contribution in [0.4, 0.5) is 5.69 Å². The van der Waals surface area contributed by atoms with E-state index >= 15 is 0 Å². The lowest BCUT2D eigenvalue weighted by Gasteiger charge is -2.18. The lowest BCUT2D eigenvalue weighted by molar-refractivity contribution is -0.127. The van der Waals surface area contributed by atoms with E-state index in [0.29, 0.717) is 25.3 Å². The number of aromatic nitrogens is 2.